The molecule has 2 aromatic carbocycles. The average Bonchev–Trinajstić information content (AvgIpc) is 3.20. The fourth-order valence-electron chi connectivity index (χ4n) is 3.53. The Labute approximate surface area is 183 Å². The van der Waals surface area contributed by atoms with Crippen LogP contribution in [-0.2, 0) is 16.0 Å². The molecule has 4 amide bonds. The van der Waals surface area contributed by atoms with E-state index in [1.807, 2.05) is 42.5 Å². The summed E-state index contributed by atoms with van der Waals surface area (Å²) in [5.41, 5.74) is 1.36. The standard InChI is InChI=1S/C22H23N5O3S/c1-15(28)26-9-11-27(12-10-26)22(30)25-21-23-17(14-31-21)13-20(29)24-19-8-4-6-16-5-2-3-7-18(16)19/h2-8,14H,9-13H2,1H3,(H,24,29)(H,23,25,30). The molecule has 2 heterocycles. The molecule has 0 spiro atoms. The van der Waals surface area contributed by atoms with E-state index in [-0.39, 0.29) is 24.3 Å². The average molecular weight is 438 g/mol. The van der Waals surface area contributed by atoms with Crippen LogP contribution in [-0.4, -0.2) is 58.8 Å². The Bertz CT molecular complexity index is 1120. The number of amides is 4. The molecule has 0 aliphatic carbocycles. The molecule has 0 atom stereocenters. The van der Waals surface area contributed by atoms with Crippen molar-refractivity contribution in [3.8, 4) is 0 Å². The number of hydrogen-bond donors (Lipinski definition) is 2. The van der Waals surface area contributed by atoms with Gasteiger partial charge in [-0.05, 0) is 11.5 Å². The van der Waals surface area contributed by atoms with Gasteiger partial charge in [-0.15, -0.1) is 11.3 Å². The predicted molar refractivity (Wildman–Crippen MR) is 121 cm³/mol. The van der Waals surface area contributed by atoms with E-state index >= 15 is 0 Å². The quantitative estimate of drug-likeness (QED) is 0.655. The van der Waals surface area contributed by atoms with Crippen molar-refractivity contribution in [1.29, 1.82) is 0 Å². The molecule has 9 heteroatoms. The van der Waals surface area contributed by atoms with Crippen LogP contribution in [0.1, 0.15) is 12.6 Å². The second-order valence-corrected chi connectivity index (χ2v) is 8.18. The number of nitrogens with one attached hydrogen (secondary N) is 2. The van der Waals surface area contributed by atoms with E-state index in [1.54, 1.807) is 15.2 Å². The molecule has 1 aliphatic heterocycles. The van der Waals surface area contributed by atoms with Crippen LogP contribution in [0.15, 0.2) is 47.8 Å². The van der Waals surface area contributed by atoms with Crippen molar-refractivity contribution in [2.24, 2.45) is 0 Å². The van der Waals surface area contributed by atoms with E-state index in [4.69, 9.17) is 0 Å². The summed E-state index contributed by atoms with van der Waals surface area (Å²) in [5.74, 6) is -0.147. The van der Waals surface area contributed by atoms with Gasteiger partial charge in [-0.25, -0.2) is 9.78 Å². The van der Waals surface area contributed by atoms with Gasteiger partial charge in [0.05, 0.1) is 12.1 Å². The number of fused-ring (bicyclic) bond motifs is 1. The summed E-state index contributed by atoms with van der Waals surface area (Å²) < 4.78 is 0. The monoisotopic (exact) mass is 437 g/mol. The highest BCUT2D eigenvalue weighted by molar-refractivity contribution is 7.13. The second kappa shape index (κ2) is 9.13. The molecule has 4 rings (SSSR count). The first-order chi connectivity index (χ1) is 15.0. The lowest BCUT2D eigenvalue weighted by Crippen LogP contribution is -2.51. The van der Waals surface area contributed by atoms with Crippen molar-refractivity contribution < 1.29 is 14.4 Å². The van der Waals surface area contributed by atoms with Gasteiger partial charge >= 0.3 is 6.03 Å². The zero-order chi connectivity index (χ0) is 21.8. The van der Waals surface area contributed by atoms with Crippen LogP contribution in [0.4, 0.5) is 15.6 Å². The highest BCUT2D eigenvalue weighted by Gasteiger charge is 2.23. The SMILES string of the molecule is CC(=O)N1CCN(C(=O)Nc2nc(CC(=O)Nc3cccc4ccccc34)cs2)CC1. The molecule has 3 aromatic rings. The smallest absolute Gasteiger partial charge is 0.323 e. The summed E-state index contributed by atoms with van der Waals surface area (Å²) >= 11 is 1.28. The van der Waals surface area contributed by atoms with E-state index in [0.29, 0.717) is 37.0 Å². The van der Waals surface area contributed by atoms with Gasteiger partial charge in [0.2, 0.25) is 11.8 Å². The highest BCUT2D eigenvalue weighted by Crippen LogP contribution is 2.23. The Morgan fingerprint density at radius 2 is 1.68 bits per heavy atom. The first-order valence-corrected chi connectivity index (χ1v) is 10.9. The molecule has 0 radical (unpaired) electrons. The normalized spacial score (nSPS) is 13.8. The van der Waals surface area contributed by atoms with Crippen LogP contribution >= 0.6 is 11.3 Å². The maximum absolute atomic E-state index is 12.5. The number of aromatic nitrogens is 1. The van der Waals surface area contributed by atoms with E-state index < -0.39 is 0 Å². The first-order valence-electron chi connectivity index (χ1n) is 10.0. The maximum Gasteiger partial charge on any atom is 0.323 e. The predicted octanol–water partition coefficient (Wildman–Crippen LogP) is 3.17. The van der Waals surface area contributed by atoms with Gasteiger partial charge < -0.3 is 15.1 Å². The second-order valence-electron chi connectivity index (χ2n) is 7.32. The van der Waals surface area contributed by atoms with Crippen molar-refractivity contribution in [3.05, 3.63) is 53.5 Å². The van der Waals surface area contributed by atoms with E-state index in [0.717, 1.165) is 16.5 Å². The lowest BCUT2D eigenvalue weighted by Gasteiger charge is -2.33. The van der Waals surface area contributed by atoms with Gasteiger partial charge in [0.25, 0.3) is 0 Å². The van der Waals surface area contributed by atoms with E-state index in [9.17, 15) is 14.4 Å². The maximum atomic E-state index is 12.5. The van der Waals surface area contributed by atoms with Crippen LogP contribution in [0.2, 0.25) is 0 Å². The molecule has 0 unspecified atom stereocenters. The Hall–Kier alpha value is -3.46. The zero-order valence-corrected chi connectivity index (χ0v) is 17.9. The van der Waals surface area contributed by atoms with E-state index in [1.165, 1.54) is 18.3 Å². The molecule has 160 valence electrons. The largest absolute Gasteiger partial charge is 0.339 e. The van der Waals surface area contributed by atoms with Gasteiger partial charge in [0.1, 0.15) is 0 Å². The number of rotatable bonds is 4. The minimum atomic E-state index is -0.246. The molecule has 8 nitrogen and oxygen atoms in total. The van der Waals surface area contributed by atoms with E-state index in [2.05, 4.69) is 15.6 Å². The Balaban J connectivity index is 1.32. The minimum Gasteiger partial charge on any atom is -0.339 e. The number of carbonyl (C=O) groups is 3. The molecule has 0 bridgehead atoms. The molecule has 0 saturated carbocycles. The number of piperazine rings is 1. The molecule has 2 N–H and O–H groups in total. The van der Waals surface area contributed by atoms with Crippen LogP contribution < -0.4 is 10.6 Å². The Kier molecular flexibility index (Phi) is 6.13. The van der Waals surface area contributed by atoms with Gasteiger partial charge in [0, 0.05) is 49.6 Å². The Morgan fingerprint density at radius 1 is 0.968 bits per heavy atom. The number of thiazole rings is 1. The summed E-state index contributed by atoms with van der Waals surface area (Å²) in [5, 5.41) is 9.99. The fourth-order valence-corrected chi connectivity index (χ4v) is 4.23. The number of anilines is 2. The number of carbonyl (C=O) groups excluding carboxylic acids is 3. The number of hydrogen-bond acceptors (Lipinski definition) is 5. The number of urea groups is 1. The van der Waals surface area contributed by atoms with Crippen LogP contribution in [0, 0.1) is 0 Å². The third-order valence-corrected chi connectivity index (χ3v) is 5.99. The molecular weight excluding hydrogens is 414 g/mol. The first kappa shape index (κ1) is 20.8. The molecular formula is C22H23N5O3S. The molecule has 1 saturated heterocycles. The summed E-state index contributed by atoms with van der Waals surface area (Å²) in [6.07, 6.45) is 0.118. The lowest BCUT2D eigenvalue weighted by atomic mass is 10.1. The summed E-state index contributed by atoms with van der Waals surface area (Å²) in [4.78, 5) is 44.1. The van der Waals surface area contributed by atoms with Crippen molar-refractivity contribution in [1.82, 2.24) is 14.8 Å². The minimum absolute atomic E-state index is 0.0198. The summed E-state index contributed by atoms with van der Waals surface area (Å²) in [6.45, 7) is 3.55. The highest BCUT2D eigenvalue weighted by atomic mass is 32.1. The van der Waals surface area contributed by atoms with Gasteiger partial charge in [-0.3, -0.25) is 14.9 Å². The van der Waals surface area contributed by atoms with Crippen molar-refractivity contribution in [3.63, 3.8) is 0 Å². The Morgan fingerprint density at radius 3 is 2.45 bits per heavy atom. The van der Waals surface area contributed by atoms with Crippen LogP contribution in [0.3, 0.4) is 0 Å². The fraction of sp³-hybridized carbons (Fsp3) is 0.273. The topological polar surface area (TPSA) is 94.6 Å². The third-order valence-electron chi connectivity index (χ3n) is 5.18. The van der Waals surface area contributed by atoms with Crippen molar-refractivity contribution in [2.45, 2.75) is 13.3 Å². The number of nitrogens with zero attached hydrogens (tertiary/aromatic N) is 3. The molecule has 1 aromatic heterocycles. The van der Waals surface area contributed by atoms with Gasteiger partial charge in [0.15, 0.2) is 5.13 Å². The van der Waals surface area contributed by atoms with Gasteiger partial charge in [-0.2, -0.15) is 0 Å². The molecule has 1 fully saturated rings. The van der Waals surface area contributed by atoms with Crippen molar-refractivity contribution >= 4 is 50.8 Å². The molecule has 1 aliphatic rings. The van der Waals surface area contributed by atoms with Crippen LogP contribution in [0.25, 0.3) is 10.8 Å². The summed E-state index contributed by atoms with van der Waals surface area (Å²) in [6, 6.07) is 13.4. The van der Waals surface area contributed by atoms with Crippen molar-refractivity contribution in [2.75, 3.05) is 36.8 Å². The summed E-state index contributed by atoms with van der Waals surface area (Å²) in [7, 11) is 0. The molecule has 31 heavy (non-hydrogen) atoms. The zero-order valence-electron chi connectivity index (χ0n) is 17.1. The lowest BCUT2D eigenvalue weighted by molar-refractivity contribution is -0.130. The third kappa shape index (κ3) is 5.00. The number of benzene rings is 2. The van der Waals surface area contributed by atoms with Crippen LogP contribution in [0.5, 0.6) is 0 Å². The van der Waals surface area contributed by atoms with Gasteiger partial charge in [-0.1, -0.05) is 36.4 Å².